The lowest BCUT2D eigenvalue weighted by atomic mass is 9.75. The van der Waals surface area contributed by atoms with E-state index in [1.54, 1.807) is 14.2 Å². The Kier molecular flexibility index (Phi) is 6.45. The molecule has 6 rings (SSSR count). The van der Waals surface area contributed by atoms with E-state index in [9.17, 15) is 9.59 Å². The van der Waals surface area contributed by atoms with Gasteiger partial charge in [-0.1, -0.05) is 30.3 Å². The van der Waals surface area contributed by atoms with Gasteiger partial charge >= 0.3 is 0 Å². The standard InChI is InChI=1S/C32H35N3O4/c1-20-9-10-21(2)26(17-20)33-13-15-34(16-14-33)32(37)29-23-7-5-6-8-24(23)31(36)35-12-11-22-18-27(38-3)28(39-4)19-25(22)30(29)35/h5-10,17-19,29-30H,11-16H2,1-4H3/t29-,30+/m0/s1. The molecule has 0 bridgehead atoms. The number of nitrogens with zero attached hydrogens (tertiary/aromatic N) is 3. The number of hydrogen-bond donors (Lipinski definition) is 0. The summed E-state index contributed by atoms with van der Waals surface area (Å²) in [5.41, 5.74) is 7.23. The number of benzene rings is 3. The molecule has 3 aliphatic heterocycles. The minimum Gasteiger partial charge on any atom is -0.493 e. The van der Waals surface area contributed by atoms with E-state index in [4.69, 9.17) is 9.47 Å². The first-order chi connectivity index (χ1) is 18.9. The average Bonchev–Trinajstić information content (AvgIpc) is 2.97. The topological polar surface area (TPSA) is 62.3 Å². The van der Waals surface area contributed by atoms with Crippen molar-refractivity contribution in [3.63, 3.8) is 0 Å². The molecule has 0 unspecified atom stereocenters. The van der Waals surface area contributed by atoms with Gasteiger partial charge in [0.15, 0.2) is 11.5 Å². The number of carbonyl (C=O) groups is 2. The molecule has 0 N–H and O–H groups in total. The predicted octanol–water partition coefficient (Wildman–Crippen LogP) is 4.51. The quantitative estimate of drug-likeness (QED) is 0.502. The number of anilines is 1. The van der Waals surface area contributed by atoms with Gasteiger partial charge in [-0.25, -0.2) is 0 Å². The molecule has 2 atom stereocenters. The Morgan fingerprint density at radius 1 is 0.846 bits per heavy atom. The summed E-state index contributed by atoms with van der Waals surface area (Å²) in [5.74, 6) is 0.853. The summed E-state index contributed by atoms with van der Waals surface area (Å²) in [6.45, 7) is 7.65. The Morgan fingerprint density at radius 3 is 2.31 bits per heavy atom. The van der Waals surface area contributed by atoms with Crippen LogP contribution >= 0.6 is 0 Å². The van der Waals surface area contributed by atoms with E-state index in [1.165, 1.54) is 16.8 Å². The second-order valence-electron chi connectivity index (χ2n) is 10.8. The van der Waals surface area contributed by atoms with Crippen LogP contribution in [-0.2, 0) is 11.2 Å². The fraction of sp³-hybridized carbons (Fsp3) is 0.375. The van der Waals surface area contributed by atoms with E-state index in [0.717, 1.165) is 29.8 Å². The van der Waals surface area contributed by atoms with Crippen molar-refractivity contribution in [2.75, 3.05) is 51.8 Å². The highest BCUT2D eigenvalue weighted by Crippen LogP contribution is 2.49. The number of aryl methyl sites for hydroxylation is 2. The number of hydrogen-bond acceptors (Lipinski definition) is 5. The van der Waals surface area contributed by atoms with Gasteiger partial charge < -0.3 is 24.2 Å². The van der Waals surface area contributed by atoms with Crippen LogP contribution in [0, 0.1) is 13.8 Å². The predicted molar refractivity (Wildman–Crippen MR) is 151 cm³/mol. The summed E-state index contributed by atoms with van der Waals surface area (Å²) >= 11 is 0. The number of ether oxygens (including phenoxy) is 2. The van der Waals surface area contributed by atoms with Gasteiger partial charge in [-0.2, -0.15) is 0 Å². The van der Waals surface area contributed by atoms with Gasteiger partial charge in [0.05, 0.1) is 26.2 Å². The number of fused-ring (bicyclic) bond motifs is 4. The third-order valence-corrected chi connectivity index (χ3v) is 8.59. The summed E-state index contributed by atoms with van der Waals surface area (Å²) in [6, 6.07) is 17.7. The fourth-order valence-corrected chi connectivity index (χ4v) is 6.54. The lowest BCUT2D eigenvalue weighted by Gasteiger charge is -2.47. The van der Waals surface area contributed by atoms with Crippen molar-refractivity contribution in [3.8, 4) is 11.5 Å². The van der Waals surface area contributed by atoms with Gasteiger partial charge in [0.2, 0.25) is 5.91 Å². The summed E-state index contributed by atoms with van der Waals surface area (Å²) < 4.78 is 11.2. The molecule has 7 nitrogen and oxygen atoms in total. The van der Waals surface area contributed by atoms with E-state index in [-0.39, 0.29) is 17.9 Å². The smallest absolute Gasteiger partial charge is 0.254 e. The molecule has 0 radical (unpaired) electrons. The largest absolute Gasteiger partial charge is 0.493 e. The molecule has 0 aliphatic carbocycles. The molecule has 0 spiro atoms. The maximum Gasteiger partial charge on any atom is 0.254 e. The highest BCUT2D eigenvalue weighted by molar-refractivity contribution is 6.01. The van der Waals surface area contributed by atoms with Crippen LogP contribution in [0.15, 0.2) is 54.6 Å². The number of piperazine rings is 1. The normalized spacial score (nSPS) is 20.2. The minimum absolute atomic E-state index is 0.0140. The highest BCUT2D eigenvalue weighted by Gasteiger charge is 2.48. The molecule has 1 saturated heterocycles. The summed E-state index contributed by atoms with van der Waals surface area (Å²) in [4.78, 5) is 34.4. The summed E-state index contributed by atoms with van der Waals surface area (Å²) in [7, 11) is 3.24. The molecule has 3 heterocycles. The van der Waals surface area contributed by atoms with Crippen molar-refractivity contribution in [2.24, 2.45) is 0 Å². The van der Waals surface area contributed by atoms with Crippen LogP contribution in [0.4, 0.5) is 5.69 Å². The molecule has 39 heavy (non-hydrogen) atoms. The Morgan fingerprint density at radius 2 is 1.56 bits per heavy atom. The lowest BCUT2D eigenvalue weighted by molar-refractivity contribution is -0.135. The van der Waals surface area contributed by atoms with Crippen molar-refractivity contribution in [1.82, 2.24) is 9.80 Å². The van der Waals surface area contributed by atoms with Crippen molar-refractivity contribution in [2.45, 2.75) is 32.2 Å². The molecule has 3 aromatic carbocycles. The van der Waals surface area contributed by atoms with Crippen molar-refractivity contribution in [1.29, 1.82) is 0 Å². The molecular formula is C32H35N3O4. The first-order valence-corrected chi connectivity index (χ1v) is 13.7. The van der Waals surface area contributed by atoms with E-state index in [1.807, 2.05) is 46.2 Å². The van der Waals surface area contributed by atoms with E-state index < -0.39 is 5.92 Å². The SMILES string of the molecule is COc1cc2c(cc1OC)[C@@H]1[C@@H](C(=O)N3CCN(c4cc(C)ccc4C)CC3)c3ccccc3C(=O)N1CC2. The summed E-state index contributed by atoms with van der Waals surface area (Å²) in [6.07, 6.45) is 0.704. The van der Waals surface area contributed by atoms with Gasteiger partial charge in [0, 0.05) is 44.0 Å². The number of rotatable bonds is 4. The van der Waals surface area contributed by atoms with Crippen LogP contribution in [0.1, 0.15) is 50.1 Å². The molecule has 202 valence electrons. The van der Waals surface area contributed by atoms with Crippen molar-refractivity contribution < 1.29 is 19.1 Å². The first kappa shape index (κ1) is 25.3. The van der Waals surface area contributed by atoms with Gasteiger partial charge in [-0.05, 0) is 72.4 Å². The van der Waals surface area contributed by atoms with Crippen LogP contribution in [0.25, 0.3) is 0 Å². The van der Waals surface area contributed by atoms with E-state index >= 15 is 0 Å². The second-order valence-corrected chi connectivity index (χ2v) is 10.8. The molecule has 0 aromatic heterocycles. The molecule has 3 aromatic rings. The third-order valence-electron chi connectivity index (χ3n) is 8.59. The van der Waals surface area contributed by atoms with Crippen LogP contribution in [0.5, 0.6) is 11.5 Å². The maximum atomic E-state index is 14.4. The third kappa shape index (κ3) is 4.20. The maximum absolute atomic E-state index is 14.4. The van der Waals surface area contributed by atoms with Crippen LogP contribution < -0.4 is 14.4 Å². The van der Waals surface area contributed by atoms with Gasteiger partial charge in [0.25, 0.3) is 5.91 Å². The lowest BCUT2D eigenvalue weighted by Crippen LogP contribution is -2.54. The molecule has 3 aliphatic rings. The monoisotopic (exact) mass is 525 g/mol. The Balaban J connectivity index is 1.36. The van der Waals surface area contributed by atoms with E-state index in [0.29, 0.717) is 43.1 Å². The van der Waals surface area contributed by atoms with Gasteiger partial charge in [-0.15, -0.1) is 0 Å². The zero-order chi connectivity index (χ0) is 27.3. The Labute approximate surface area is 229 Å². The number of carbonyl (C=O) groups excluding carboxylic acids is 2. The molecule has 0 saturated carbocycles. The Bertz CT molecular complexity index is 1440. The van der Waals surface area contributed by atoms with Crippen LogP contribution in [0.2, 0.25) is 0 Å². The Hall–Kier alpha value is -4.00. The molecule has 2 amide bonds. The van der Waals surface area contributed by atoms with Crippen molar-refractivity contribution in [3.05, 3.63) is 88.0 Å². The van der Waals surface area contributed by atoms with Crippen LogP contribution in [-0.4, -0.2) is 68.6 Å². The van der Waals surface area contributed by atoms with E-state index in [2.05, 4.69) is 36.9 Å². The van der Waals surface area contributed by atoms with Gasteiger partial charge in [-0.3, -0.25) is 9.59 Å². The minimum atomic E-state index is -0.483. The number of amides is 2. The zero-order valence-corrected chi connectivity index (χ0v) is 23.1. The first-order valence-electron chi connectivity index (χ1n) is 13.7. The second kappa shape index (κ2) is 9.95. The average molecular weight is 526 g/mol. The molecular weight excluding hydrogens is 490 g/mol. The fourth-order valence-electron chi connectivity index (χ4n) is 6.54. The van der Waals surface area contributed by atoms with Crippen LogP contribution in [0.3, 0.4) is 0 Å². The molecule has 1 fully saturated rings. The highest BCUT2D eigenvalue weighted by atomic mass is 16.5. The number of methoxy groups -OCH3 is 2. The summed E-state index contributed by atoms with van der Waals surface area (Å²) in [5, 5.41) is 0. The molecule has 7 heteroatoms. The zero-order valence-electron chi connectivity index (χ0n) is 23.1. The van der Waals surface area contributed by atoms with Gasteiger partial charge in [0.1, 0.15) is 0 Å². The van der Waals surface area contributed by atoms with Crippen molar-refractivity contribution >= 4 is 17.5 Å².